The maximum absolute atomic E-state index is 12.8. The molecule has 7 heteroatoms. The monoisotopic (exact) mass is 328 g/mol. The van der Waals surface area contributed by atoms with E-state index in [4.69, 9.17) is 9.47 Å². The van der Waals surface area contributed by atoms with Gasteiger partial charge >= 0.3 is 0 Å². The van der Waals surface area contributed by atoms with Crippen LogP contribution in [0.15, 0.2) is 24.3 Å². The molecular weight excluding hydrogens is 304 g/mol. The van der Waals surface area contributed by atoms with Gasteiger partial charge in [-0.25, -0.2) is 8.42 Å². The van der Waals surface area contributed by atoms with Crippen LogP contribution in [-0.4, -0.2) is 58.4 Å². The molecule has 0 aromatic heterocycles. The molecule has 0 radical (unpaired) electrons. The molecule has 2 rings (SSSR count). The van der Waals surface area contributed by atoms with Gasteiger partial charge in [0.25, 0.3) is 0 Å². The average Bonchev–Trinajstić information content (AvgIpc) is 2.55. The third kappa shape index (κ3) is 3.43. The van der Waals surface area contributed by atoms with E-state index in [1.54, 1.807) is 18.3 Å². The summed E-state index contributed by atoms with van der Waals surface area (Å²) in [5.41, 5.74) is 0.880. The second kappa shape index (κ2) is 7.41. The molecule has 1 aromatic carbocycles. The van der Waals surface area contributed by atoms with Gasteiger partial charge in [-0.05, 0) is 13.0 Å². The Kier molecular flexibility index (Phi) is 5.80. The van der Waals surface area contributed by atoms with Crippen LogP contribution in [0.4, 0.5) is 0 Å². The fourth-order valence-corrected chi connectivity index (χ4v) is 4.41. The summed E-state index contributed by atoms with van der Waals surface area (Å²) in [5, 5.41) is 2.69. The van der Waals surface area contributed by atoms with E-state index >= 15 is 0 Å². The molecule has 1 saturated heterocycles. The van der Waals surface area contributed by atoms with Crippen molar-refractivity contribution in [3.05, 3.63) is 29.8 Å². The van der Waals surface area contributed by atoms with Crippen molar-refractivity contribution in [1.29, 1.82) is 0 Å². The van der Waals surface area contributed by atoms with Gasteiger partial charge in [-0.3, -0.25) is 0 Å². The predicted octanol–water partition coefficient (Wildman–Crippen LogP) is 1.01. The molecule has 22 heavy (non-hydrogen) atoms. The number of hydrogen-bond donors (Lipinski definition) is 1. The van der Waals surface area contributed by atoms with Gasteiger partial charge in [0.15, 0.2) is 0 Å². The Morgan fingerprint density at radius 1 is 1.36 bits per heavy atom. The van der Waals surface area contributed by atoms with Crippen LogP contribution in [0.2, 0.25) is 0 Å². The summed E-state index contributed by atoms with van der Waals surface area (Å²) in [6.45, 7) is 3.52. The first-order valence-corrected chi connectivity index (χ1v) is 8.86. The molecule has 0 spiro atoms. The molecule has 1 aliphatic heterocycles. The van der Waals surface area contributed by atoms with Crippen LogP contribution in [0.5, 0.6) is 5.75 Å². The van der Waals surface area contributed by atoms with Crippen molar-refractivity contribution < 1.29 is 17.9 Å². The highest BCUT2D eigenvalue weighted by Crippen LogP contribution is 2.32. The van der Waals surface area contributed by atoms with Crippen LogP contribution in [0, 0.1) is 0 Å². The number of ether oxygens (including phenoxy) is 2. The Labute approximate surface area is 132 Å². The first kappa shape index (κ1) is 17.2. The third-order valence-electron chi connectivity index (χ3n) is 3.93. The molecule has 0 aliphatic carbocycles. The molecule has 0 amide bonds. The number of rotatable bonds is 6. The summed E-state index contributed by atoms with van der Waals surface area (Å²) in [5.74, 6) is 0.704. The number of nitrogens with one attached hydrogen (secondary N) is 1. The third-order valence-corrected chi connectivity index (χ3v) is 6.17. The summed E-state index contributed by atoms with van der Waals surface area (Å²) < 4.78 is 37.7. The lowest BCUT2D eigenvalue weighted by molar-refractivity contribution is 0.194. The molecule has 0 saturated carbocycles. The number of sulfonamides is 1. The molecule has 2 atom stereocenters. The Hall–Kier alpha value is -1.15. The van der Waals surface area contributed by atoms with Crippen molar-refractivity contribution in [1.82, 2.24) is 9.62 Å². The van der Waals surface area contributed by atoms with Gasteiger partial charge in [-0.1, -0.05) is 18.2 Å². The maximum Gasteiger partial charge on any atom is 0.219 e. The van der Waals surface area contributed by atoms with Crippen molar-refractivity contribution in [3.63, 3.8) is 0 Å². The van der Waals surface area contributed by atoms with Crippen LogP contribution in [0.3, 0.4) is 0 Å². The van der Waals surface area contributed by atoms with E-state index in [9.17, 15) is 8.42 Å². The molecule has 1 fully saturated rings. The lowest BCUT2D eigenvalue weighted by Crippen LogP contribution is -2.51. The van der Waals surface area contributed by atoms with Crippen molar-refractivity contribution in [2.75, 3.05) is 40.5 Å². The lowest BCUT2D eigenvalue weighted by Gasteiger charge is -2.37. The molecular formula is C15H24N2O4S. The minimum atomic E-state index is -3.43. The molecule has 0 bridgehead atoms. The van der Waals surface area contributed by atoms with Crippen LogP contribution >= 0.6 is 0 Å². The Morgan fingerprint density at radius 3 is 2.77 bits per heavy atom. The standard InChI is InChI=1S/C15H24N2O4S/c1-12(11-20-2)22(18,19)17-9-8-16-10-14(17)13-6-4-5-7-15(13)21-3/h4-7,12,14,16H,8-11H2,1-3H3. The first-order valence-electron chi connectivity index (χ1n) is 7.35. The largest absolute Gasteiger partial charge is 0.496 e. The quantitative estimate of drug-likeness (QED) is 0.844. The summed E-state index contributed by atoms with van der Waals surface area (Å²) in [7, 11) is -0.320. The lowest BCUT2D eigenvalue weighted by atomic mass is 10.0. The van der Waals surface area contributed by atoms with E-state index in [1.165, 1.54) is 7.11 Å². The molecule has 2 unspecified atom stereocenters. The van der Waals surface area contributed by atoms with E-state index < -0.39 is 15.3 Å². The topological polar surface area (TPSA) is 67.9 Å². The fourth-order valence-electron chi connectivity index (χ4n) is 2.75. The van der Waals surface area contributed by atoms with Crippen LogP contribution in [-0.2, 0) is 14.8 Å². The van der Waals surface area contributed by atoms with Gasteiger partial charge in [0, 0.05) is 32.3 Å². The highest BCUT2D eigenvalue weighted by atomic mass is 32.2. The summed E-state index contributed by atoms with van der Waals surface area (Å²) in [6.07, 6.45) is 0. The summed E-state index contributed by atoms with van der Waals surface area (Å²) >= 11 is 0. The van der Waals surface area contributed by atoms with Gasteiger partial charge in [-0.2, -0.15) is 4.31 Å². The van der Waals surface area contributed by atoms with Gasteiger partial charge < -0.3 is 14.8 Å². The molecule has 1 N–H and O–H groups in total. The fraction of sp³-hybridized carbons (Fsp3) is 0.600. The molecule has 124 valence electrons. The average molecular weight is 328 g/mol. The maximum atomic E-state index is 12.8. The number of benzene rings is 1. The van der Waals surface area contributed by atoms with Crippen LogP contribution < -0.4 is 10.1 Å². The van der Waals surface area contributed by atoms with E-state index in [0.29, 0.717) is 25.4 Å². The van der Waals surface area contributed by atoms with Gasteiger partial charge in [0.2, 0.25) is 10.0 Å². The normalized spacial score (nSPS) is 21.5. The smallest absolute Gasteiger partial charge is 0.219 e. The SMILES string of the molecule is COCC(C)S(=O)(=O)N1CCNCC1c1ccccc1OC. The molecule has 1 aromatic rings. The van der Waals surface area contributed by atoms with Crippen molar-refractivity contribution in [3.8, 4) is 5.75 Å². The zero-order chi connectivity index (χ0) is 16.2. The second-order valence-corrected chi connectivity index (χ2v) is 7.69. The molecule has 1 heterocycles. The van der Waals surface area contributed by atoms with Gasteiger partial charge in [-0.15, -0.1) is 0 Å². The van der Waals surface area contributed by atoms with Crippen LogP contribution in [0.1, 0.15) is 18.5 Å². The number of nitrogens with zero attached hydrogens (tertiary/aromatic N) is 1. The predicted molar refractivity (Wildman–Crippen MR) is 85.6 cm³/mol. The highest BCUT2D eigenvalue weighted by molar-refractivity contribution is 7.89. The summed E-state index contributed by atoms with van der Waals surface area (Å²) in [6, 6.07) is 7.28. The van der Waals surface area contributed by atoms with Crippen LogP contribution in [0.25, 0.3) is 0 Å². The Morgan fingerprint density at radius 2 is 2.09 bits per heavy atom. The number of piperazine rings is 1. The van der Waals surface area contributed by atoms with Crippen molar-refractivity contribution >= 4 is 10.0 Å². The van der Waals surface area contributed by atoms with E-state index in [-0.39, 0.29) is 12.6 Å². The Balaban J connectivity index is 2.36. The minimum absolute atomic E-state index is 0.185. The van der Waals surface area contributed by atoms with E-state index in [0.717, 1.165) is 5.56 Å². The van der Waals surface area contributed by atoms with E-state index in [1.807, 2.05) is 24.3 Å². The van der Waals surface area contributed by atoms with Gasteiger partial charge in [0.1, 0.15) is 5.75 Å². The van der Waals surface area contributed by atoms with Crippen molar-refractivity contribution in [2.45, 2.75) is 18.2 Å². The second-order valence-electron chi connectivity index (χ2n) is 5.38. The molecule has 1 aliphatic rings. The Bertz CT molecular complexity index is 591. The van der Waals surface area contributed by atoms with Crippen molar-refractivity contribution in [2.24, 2.45) is 0 Å². The number of methoxy groups -OCH3 is 2. The number of hydrogen-bond acceptors (Lipinski definition) is 5. The number of para-hydroxylation sites is 1. The highest BCUT2D eigenvalue weighted by Gasteiger charge is 2.37. The minimum Gasteiger partial charge on any atom is -0.496 e. The summed E-state index contributed by atoms with van der Waals surface area (Å²) in [4.78, 5) is 0. The zero-order valence-electron chi connectivity index (χ0n) is 13.3. The first-order chi connectivity index (χ1) is 10.5. The van der Waals surface area contributed by atoms with Gasteiger partial charge in [0.05, 0.1) is 25.0 Å². The molecule has 6 nitrogen and oxygen atoms in total. The van der Waals surface area contributed by atoms with E-state index in [2.05, 4.69) is 5.32 Å². The zero-order valence-corrected chi connectivity index (χ0v) is 14.1.